The number of aryl methyl sites for hydroxylation is 1. The van der Waals surface area contributed by atoms with E-state index in [1.807, 2.05) is 40.9 Å². The van der Waals surface area contributed by atoms with E-state index in [0.29, 0.717) is 37.5 Å². The molecule has 1 aliphatic rings. The van der Waals surface area contributed by atoms with E-state index in [4.69, 9.17) is 0 Å². The number of carbonyl (C=O) groups excluding carboxylic acids is 1. The van der Waals surface area contributed by atoms with Gasteiger partial charge in [0.15, 0.2) is 0 Å². The average Bonchev–Trinajstić information content (AvgIpc) is 3.25. The normalized spacial score (nSPS) is 17.4. The molecule has 1 fully saturated rings. The molecule has 7 heteroatoms. The molecule has 2 aromatic heterocycles. The smallest absolute Gasteiger partial charge is 0.275 e. The lowest BCUT2D eigenvalue weighted by Crippen LogP contribution is -2.39. The largest absolute Gasteiger partial charge is 0.356 e. The highest BCUT2D eigenvalue weighted by atomic mass is 79.9. The van der Waals surface area contributed by atoms with Gasteiger partial charge in [-0.1, -0.05) is 22.4 Å². The van der Waals surface area contributed by atoms with Crippen LogP contribution in [0.4, 0.5) is 0 Å². The number of carbonyl (C=O) groups is 1. The Kier molecular flexibility index (Phi) is 7.13. The predicted octanol–water partition coefficient (Wildman–Crippen LogP) is 4.18. The van der Waals surface area contributed by atoms with Crippen molar-refractivity contribution in [2.75, 3.05) is 19.6 Å². The number of fused-ring (bicyclic) bond motifs is 3. The highest BCUT2D eigenvalue weighted by Gasteiger charge is 2.17. The summed E-state index contributed by atoms with van der Waals surface area (Å²) < 4.78 is 4.65. The number of piperidine rings is 1. The van der Waals surface area contributed by atoms with Crippen LogP contribution in [0.5, 0.6) is 0 Å². The fourth-order valence-electron chi connectivity index (χ4n) is 4.64. The van der Waals surface area contributed by atoms with Gasteiger partial charge in [0.2, 0.25) is 5.91 Å². The first-order valence-electron chi connectivity index (χ1n) is 11.3. The van der Waals surface area contributed by atoms with Gasteiger partial charge in [0.25, 0.3) is 5.56 Å². The minimum absolute atomic E-state index is 0.0216. The number of nitrogens with one attached hydrogen (secondary N) is 1. The van der Waals surface area contributed by atoms with Crippen molar-refractivity contribution in [2.45, 2.75) is 58.0 Å². The molecule has 0 bridgehead atoms. The minimum atomic E-state index is -0.0216. The van der Waals surface area contributed by atoms with E-state index in [-0.39, 0.29) is 11.5 Å². The number of aromatic nitrogens is 2. The van der Waals surface area contributed by atoms with Gasteiger partial charge in [0, 0.05) is 42.8 Å². The fraction of sp³-hybridized carbons (Fsp3) is 0.500. The van der Waals surface area contributed by atoms with Crippen molar-refractivity contribution in [1.82, 2.24) is 19.2 Å². The molecule has 0 aliphatic carbocycles. The maximum atomic E-state index is 13.0. The SMILES string of the molecule is CC1CCCCN1CCCNC(=O)CCCn1c(=O)c2cccn2c2ccc(Br)cc21. The molecule has 1 unspecified atom stereocenters. The second-order valence-electron chi connectivity index (χ2n) is 8.54. The maximum absolute atomic E-state index is 13.0. The lowest BCUT2D eigenvalue weighted by atomic mass is 10.0. The molecule has 3 heterocycles. The van der Waals surface area contributed by atoms with Gasteiger partial charge < -0.3 is 19.2 Å². The lowest BCUT2D eigenvalue weighted by molar-refractivity contribution is -0.121. The molecule has 0 spiro atoms. The van der Waals surface area contributed by atoms with Gasteiger partial charge in [0.1, 0.15) is 5.52 Å². The van der Waals surface area contributed by atoms with Crippen molar-refractivity contribution >= 4 is 38.4 Å². The van der Waals surface area contributed by atoms with Gasteiger partial charge in [-0.25, -0.2) is 0 Å². The number of nitrogens with zero attached hydrogens (tertiary/aromatic N) is 3. The summed E-state index contributed by atoms with van der Waals surface area (Å²) in [6, 6.07) is 10.4. The molecule has 3 aromatic rings. The topological polar surface area (TPSA) is 58.8 Å². The van der Waals surface area contributed by atoms with Crippen LogP contribution in [0.2, 0.25) is 0 Å². The second kappa shape index (κ2) is 10.0. The molecule has 1 saturated heterocycles. The zero-order valence-corrected chi connectivity index (χ0v) is 19.7. The Bertz CT molecular complexity index is 1120. The van der Waals surface area contributed by atoms with Crippen molar-refractivity contribution in [2.24, 2.45) is 0 Å². The van der Waals surface area contributed by atoms with Gasteiger partial charge in [0.05, 0.1) is 11.0 Å². The third-order valence-corrected chi connectivity index (χ3v) is 6.86. The first-order valence-corrected chi connectivity index (χ1v) is 12.1. The van der Waals surface area contributed by atoms with Gasteiger partial charge in [-0.3, -0.25) is 9.59 Å². The zero-order valence-electron chi connectivity index (χ0n) is 18.1. The van der Waals surface area contributed by atoms with Crippen molar-refractivity contribution in [1.29, 1.82) is 0 Å². The first-order chi connectivity index (χ1) is 15.0. The molecule has 6 nitrogen and oxygen atoms in total. The summed E-state index contributed by atoms with van der Waals surface area (Å²) in [4.78, 5) is 27.8. The van der Waals surface area contributed by atoms with Crippen molar-refractivity contribution in [3.63, 3.8) is 0 Å². The molecule has 4 rings (SSSR count). The van der Waals surface area contributed by atoms with Crippen LogP contribution in [-0.2, 0) is 11.3 Å². The molecule has 1 atom stereocenters. The Morgan fingerprint density at radius 1 is 1.13 bits per heavy atom. The fourth-order valence-corrected chi connectivity index (χ4v) is 4.99. The summed E-state index contributed by atoms with van der Waals surface area (Å²) in [5.74, 6) is 0.0639. The van der Waals surface area contributed by atoms with Crippen molar-refractivity contribution in [3.8, 4) is 0 Å². The molecule has 1 amide bonds. The van der Waals surface area contributed by atoms with E-state index in [1.165, 1.54) is 25.8 Å². The maximum Gasteiger partial charge on any atom is 0.275 e. The number of hydrogen-bond acceptors (Lipinski definition) is 3. The number of rotatable bonds is 8. The standard InChI is InChI=1S/C24H31BrN4O2/c1-18-7-2-3-13-27(18)14-6-12-26-23(30)9-5-16-29-22-17-19(25)10-11-20(22)28-15-4-8-21(28)24(29)31/h4,8,10-11,15,17-18H,2-3,5-7,9,12-14,16H2,1H3,(H,26,30). The molecule has 0 radical (unpaired) electrons. The monoisotopic (exact) mass is 486 g/mol. The molecular formula is C24H31BrN4O2. The van der Waals surface area contributed by atoms with E-state index in [1.54, 1.807) is 4.57 Å². The molecule has 1 aliphatic heterocycles. The number of benzene rings is 1. The zero-order chi connectivity index (χ0) is 21.8. The van der Waals surface area contributed by atoms with Crippen LogP contribution >= 0.6 is 15.9 Å². The first kappa shape index (κ1) is 22.1. The quantitative estimate of drug-likeness (QED) is 0.485. The Balaban J connectivity index is 1.32. The summed E-state index contributed by atoms with van der Waals surface area (Å²) in [6.45, 7) is 5.77. The van der Waals surface area contributed by atoms with Crippen LogP contribution in [0.3, 0.4) is 0 Å². The number of hydrogen-bond donors (Lipinski definition) is 1. The van der Waals surface area contributed by atoms with Crippen molar-refractivity contribution in [3.05, 3.63) is 51.4 Å². The lowest BCUT2D eigenvalue weighted by Gasteiger charge is -2.33. The summed E-state index contributed by atoms with van der Waals surface area (Å²) in [5, 5.41) is 3.05. The molecule has 1 N–H and O–H groups in total. The average molecular weight is 487 g/mol. The number of likely N-dealkylation sites (tertiary alicyclic amines) is 1. The molecule has 166 valence electrons. The summed E-state index contributed by atoms with van der Waals surface area (Å²) in [5.41, 5.74) is 2.50. The Labute approximate surface area is 191 Å². The summed E-state index contributed by atoms with van der Waals surface area (Å²) >= 11 is 3.51. The van der Waals surface area contributed by atoms with Gasteiger partial charge in [-0.2, -0.15) is 0 Å². The predicted molar refractivity (Wildman–Crippen MR) is 129 cm³/mol. The van der Waals surface area contributed by atoms with Gasteiger partial charge in [-0.15, -0.1) is 0 Å². The van der Waals surface area contributed by atoms with Crippen LogP contribution in [0, 0.1) is 0 Å². The van der Waals surface area contributed by atoms with Gasteiger partial charge in [-0.05, 0) is 69.5 Å². The minimum Gasteiger partial charge on any atom is -0.356 e. The van der Waals surface area contributed by atoms with Crippen molar-refractivity contribution < 1.29 is 4.79 Å². The molecule has 31 heavy (non-hydrogen) atoms. The van der Waals surface area contributed by atoms with Crippen LogP contribution in [0.25, 0.3) is 16.6 Å². The van der Waals surface area contributed by atoms with E-state index in [9.17, 15) is 9.59 Å². The summed E-state index contributed by atoms with van der Waals surface area (Å²) in [6.07, 6.45) is 7.86. The van der Waals surface area contributed by atoms with E-state index in [2.05, 4.69) is 33.1 Å². The number of amides is 1. The van der Waals surface area contributed by atoms with Crippen LogP contribution in [0.15, 0.2) is 45.8 Å². The van der Waals surface area contributed by atoms with E-state index in [0.717, 1.165) is 28.5 Å². The van der Waals surface area contributed by atoms with Gasteiger partial charge >= 0.3 is 0 Å². The third-order valence-electron chi connectivity index (χ3n) is 6.37. The van der Waals surface area contributed by atoms with E-state index < -0.39 is 0 Å². The highest BCUT2D eigenvalue weighted by molar-refractivity contribution is 9.10. The molecule has 1 aromatic carbocycles. The summed E-state index contributed by atoms with van der Waals surface area (Å²) in [7, 11) is 0. The highest BCUT2D eigenvalue weighted by Crippen LogP contribution is 2.21. The van der Waals surface area contributed by atoms with Crippen LogP contribution < -0.4 is 10.9 Å². The van der Waals surface area contributed by atoms with Crippen LogP contribution in [-0.4, -0.2) is 45.5 Å². The third kappa shape index (κ3) is 5.04. The van der Waals surface area contributed by atoms with Crippen LogP contribution in [0.1, 0.15) is 45.4 Å². The Morgan fingerprint density at radius 2 is 2.00 bits per heavy atom. The van der Waals surface area contributed by atoms with E-state index >= 15 is 0 Å². The second-order valence-corrected chi connectivity index (χ2v) is 9.46. The Morgan fingerprint density at radius 3 is 2.84 bits per heavy atom. The Hall–Kier alpha value is -2.12. The molecular weight excluding hydrogens is 456 g/mol. The number of halogens is 1. The molecule has 0 saturated carbocycles.